The van der Waals surface area contributed by atoms with Crippen LogP contribution in [-0.4, -0.2) is 21.5 Å². The molecule has 0 unspecified atom stereocenters. The number of halogens is 1. The highest BCUT2D eigenvalue weighted by Gasteiger charge is 2.26. The molecule has 1 aliphatic rings. The number of carbonyl (C=O) groups is 1. The molecule has 0 radical (unpaired) electrons. The lowest BCUT2D eigenvalue weighted by atomic mass is 10.1. The molecule has 154 valence electrons. The van der Waals surface area contributed by atoms with E-state index in [4.69, 9.17) is 0 Å². The zero-order valence-corrected chi connectivity index (χ0v) is 17.9. The fourth-order valence-electron chi connectivity index (χ4n) is 3.52. The van der Waals surface area contributed by atoms with E-state index in [0.717, 1.165) is 34.4 Å². The molecule has 0 saturated heterocycles. The normalized spacial score (nSPS) is 13.3. The van der Waals surface area contributed by atoms with Crippen molar-refractivity contribution in [2.24, 2.45) is 0 Å². The molecule has 4 aromatic rings. The predicted molar refractivity (Wildman–Crippen MR) is 120 cm³/mol. The van der Waals surface area contributed by atoms with Gasteiger partial charge in [0, 0.05) is 29.7 Å². The van der Waals surface area contributed by atoms with Crippen LogP contribution in [-0.2, 0) is 0 Å². The van der Waals surface area contributed by atoms with E-state index in [1.54, 1.807) is 29.1 Å². The minimum atomic E-state index is -0.373. The highest BCUT2D eigenvalue weighted by atomic mass is 79.9. The topological polar surface area (TPSA) is 90.9 Å². The Labute approximate surface area is 185 Å². The van der Waals surface area contributed by atoms with E-state index >= 15 is 0 Å². The third-order valence-electron chi connectivity index (χ3n) is 5.19. The Hall–Kier alpha value is -3.52. The second-order valence-electron chi connectivity index (χ2n) is 7.52. The van der Waals surface area contributed by atoms with Gasteiger partial charge in [-0.3, -0.25) is 9.59 Å². The SMILES string of the molecule is O=C(NC1CC1)c1cn(-c2cccc(-c3cc(Br)c[n+]([O-])c3)c2)c2ncccc2c1=O. The highest BCUT2D eigenvalue weighted by molar-refractivity contribution is 9.10. The van der Waals surface area contributed by atoms with E-state index in [1.165, 1.54) is 12.4 Å². The number of nitrogens with one attached hydrogen (secondary N) is 1. The van der Waals surface area contributed by atoms with Crippen molar-refractivity contribution in [2.75, 3.05) is 0 Å². The van der Waals surface area contributed by atoms with Gasteiger partial charge < -0.3 is 15.1 Å². The molecule has 1 saturated carbocycles. The number of hydrogen-bond acceptors (Lipinski definition) is 4. The monoisotopic (exact) mass is 476 g/mol. The van der Waals surface area contributed by atoms with Crippen LogP contribution < -0.4 is 15.5 Å². The average molecular weight is 477 g/mol. The van der Waals surface area contributed by atoms with Gasteiger partial charge in [0.05, 0.1) is 9.86 Å². The number of carbonyl (C=O) groups excluding carboxylic acids is 1. The number of nitrogens with zero attached hydrogens (tertiary/aromatic N) is 3. The number of pyridine rings is 3. The highest BCUT2D eigenvalue weighted by Crippen LogP contribution is 2.25. The Morgan fingerprint density at radius 1 is 1.16 bits per heavy atom. The smallest absolute Gasteiger partial charge is 0.257 e. The lowest BCUT2D eigenvalue weighted by molar-refractivity contribution is -0.605. The van der Waals surface area contributed by atoms with Crippen LogP contribution in [0.1, 0.15) is 23.2 Å². The van der Waals surface area contributed by atoms with Gasteiger partial charge in [0.1, 0.15) is 11.2 Å². The van der Waals surface area contributed by atoms with Crippen molar-refractivity contribution in [3.63, 3.8) is 0 Å². The Morgan fingerprint density at radius 3 is 2.77 bits per heavy atom. The molecule has 1 aromatic carbocycles. The van der Waals surface area contributed by atoms with E-state index in [1.807, 2.05) is 30.3 Å². The van der Waals surface area contributed by atoms with Crippen LogP contribution in [0.4, 0.5) is 0 Å². The lowest BCUT2D eigenvalue weighted by Gasteiger charge is -2.14. The van der Waals surface area contributed by atoms with Gasteiger partial charge in [-0.2, -0.15) is 4.73 Å². The maximum absolute atomic E-state index is 13.0. The summed E-state index contributed by atoms with van der Waals surface area (Å²) in [6.45, 7) is 0. The van der Waals surface area contributed by atoms with E-state index < -0.39 is 0 Å². The number of fused-ring (bicyclic) bond motifs is 1. The van der Waals surface area contributed by atoms with Crippen molar-refractivity contribution in [1.29, 1.82) is 0 Å². The van der Waals surface area contributed by atoms with Crippen molar-refractivity contribution < 1.29 is 9.52 Å². The van der Waals surface area contributed by atoms with Crippen molar-refractivity contribution >= 4 is 32.9 Å². The van der Waals surface area contributed by atoms with Crippen molar-refractivity contribution in [2.45, 2.75) is 18.9 Å². The fraction of sp³-hybridized carbons (Fsp3) is 0.130. The molecule has 1 N–H and O–H groups in total. The maximum atomic E-state index is 13.0. The van der Waals surface area contributed by atoms with Crippen LogP contribution in [0.15, 0.2) is 76.5 Å². The number of rotatable bonds is 4. The predicted octanol–water partition coefficient (Wildman–Crippen LogP) is 3.34. The van der Waals surface area contributed by atoms with Crippen LogP contribution in [0.25, 0.3) is 27.8 Å². The first-order chi connectivity index (χ1) is 15.0. The van der Waals surface area contributed by atoms with Crippen molar-refractivity contribution in [3.05, 3.63) is 92.7 Å². The van der Waals surface area contributed by atoms with Crippen LogP contribution in [0.2, 0.25) is 0 Å². The van der Waals surface area contributed by atoms with Crippen LogP contribution >= 0.6 is 15.9 Å². The van der Waals surface area contributed by atoms with Gasteiger partial charge in [-0.15, -0.1) is 0 Å². The summed E-state index contributed by atoms with van der Waals surface area (Å²) < 4.78 is 3.15. The molecular weight excluding hydrogens is 460 g/mol. The molecule has 1 amide bonds. The molecular formula is C23H17BrN4O3. The lowest BCUT2D eigenvalue weighted by Crippen LogP contribution is -2.31. The molecule has 3 aromatic heterocycles. The molecule has 0 atom stereocenters. The van der Waals surface area contributed by atoms with Gasteiger partial charge in [-0.05, 0) is 64.7 Å². The summed E-state index contributed by atoms with van der Waals surface area (Å²) >= 11 is 3.35. The molecule has 0 bridgehead atoms. The second-order valence-corrected chi connectivity index (χ2v) is 8.43. The molecule has 1 fully saturated rings. The average Bonchev–Trinajstić information content (AvgIpc) is 3.57. The summed E-state index contributed by atoms with van der Waals surface area (Å²) in [5.41, 5.74) is 2.47. The Bertz CT molecular complexity index is 1380. The van der Waals surface area contributed by atoms with Crippen molar-refractivity contribution in [1.82, 2.24) is 14.9 Å². The summed E-state index contributed by atoms with van der Waals surface area (Å²) in [5, 5.41) is 15.1. The molecule has 31 heavy (non-hydrogen) atoms. The first kappa shape index (κ1) is 19.4. The van der Waals surface area contributed by atoms with Crippen LogP contribution in [0.5, 0.6) is 0 Å². The van der Waals surface area contributed by atoms with E-state index in [0.29, 0.717) is 15.5 Å². The third-order valence-corrected chi connectivity index (χ3v) is 5.62. The number of amides is 1. The maximum Gasteiger partial charge on any atom is 0.257 e. The zero-order chi connectivity index (χ0) is 21.5. The van der Waals surface area contributed by atoms with Gasteiger partial charge in [-0.25, -0.2) is 4.98 Å². The Kier molecular flexibility index (Phi) is 4.78. The molecule has 8 heteroatoms. The molecule has 1 aliphatic carbocycles. The number of benzene rings is 1. The summed E-state index contributed by atoms with van der Waals surface area (Å²) in [7, 11) is 0. The van der Waals surface area contributed by atoms with E-state index in [9.17, 15) is 14.8 Å². The first-order valence-corrected chi connectivity index (χ1v) is 10.6. The summed E-state index contributed by atoms with van der Waals surface area (Å²) in [4.78, 5) is 30.1. The number of aromatic nitrogens is 3. The van der Waals surface area contributed by atoms with Crippen molar-refractivity contribution in [3.8, 4) is 16.8 Å². The minimum absolute atomic E-state index is 0.0812. The van der Waals surface area contributed by atoms with Crippen LogP contribution in [0.3, 0.4) is 0 Å². The quantitative estimate of drug-likeness (QED) is 0.361. The first-order valence-electron chi connectivity index (χ1n) is 9.81. The van der Waals surface area contributed by atoms with E-state index in [-0.39, 0.29) is 22.9 Å². The fourth-order valence-corrected chi connectivity index (χ4v) is 3.97. The Balaban J connectivity index is 1.68. The molecule has 0 spiro atoms. The van der Waals surface area contributed by atoms with E-state index in [2.05, 4.69) is 26.2 Å². The second kappa shape index (κ2) is 7.63. The minimum Gasteiger partial charge on any atom is -0.619 e. The van der Waals surface area contributed by atoms with Gasteiger partial charge >= 0.3 is 0 Å². The van der Waals surface area contributed by atoms with Gasteiger partial charge in [0.25, 0.3) is 5.91 Å². The largest absolute Gasteiger partial charge is 0.619 e. The molecule has 3 heterocycles. The van der Waals surface area contributed by atoms with Crippen LogP contribution in [0, 0.1) is 5.21 Å². The number of hydrogen-bond donors (Lipinski definition) is 1. The summed E-state index contributed by atoms with van der Waals surface area (Å²) in [6.07, 6.45) is 7.94. The van der Waals surface area contributed by atoms with Gasteiger partial charge in [0.15, 0.2) is 12.4 Å². The summed E-state index contributed by atoms with van der Waals surface area (Å²) in [5.74, 6) is -0.373. The summed E-state index contributed by atoms with van der Waals surface area (Å²) in [6, 6.07) is 12.9. The third kappa shape index (κ3) is 3.82. The van der Waals surface area contributed by atoms with Gasteiger partial charge in [-0.1, -0.05) is 12.1 Å². The Morgan fingerprint density at radius 2 is 2.00 bits per heavy atom. The van der Waals surface area contributed by atoms with Gasteiger partial charge in [0.2, 0.25) is 5.43 Å². The zero-order valence-electron chi connectivity index (χ0n) is 16.3. The standard InChI is InChI=1S/C23H17BrN4O3/c24-16-9-15(11-27(31)12-16)14-3-1-4-18(10-14)28-13-20(23(30)26-17-6-7-17)21(29)19-5-2-8-25-22(19)28/h1-5,8-13,17H,6-7H2,(H,26,30). The molecule has 7 nitrogen and oxygen atoms in total. The molecule has 0 aliphatic heterocycles. The molecule has 5 rings (SSSR count).